The number of carboxylic acids is 1. The molecule has 0 fully saturated rings. The van der Waals surface area contributed by atoms with Gasteiger partial charge in [-0.15, -0.1) is 6.58 Å². The van der Waals surface area contributed by atoms with Crippen LogP contribution in [-0.2, 0) is 0 Å². The number of hydrogen-bond acceptors (Lipinski definition) is 4. The molecule has 0 saturated carbocycles. The lowest BCUT2D eigenvalue weighted by Crippen LogP contribution is -2.24. The maximum atomic E-state index is 13.6. The molecule has 19 heavy (non-hydrogen) atoms. The van der Waals surface area contributed by atoms with Crippen molar-refractivity contribution in [1.82, 2.24) is 0 Å². The molecule has 0 bridgehead atoms. The van der Waals surface area contributed by atoms with E-state index >= 15 is 0 Å². The maximum Gasteiger partial charge on any atom is 0.338 e. The van der Waals surface area contributed by atoms with E-state index in [4.69, 9.17) is 5.11 Å². The van der Waals surface area contributed by atoms with Crippen LogP contribution < -0.4 is 4.90 Å². The molecule has 1 aromatic carbocycles. The molecule has 1 N–H and O–H groups in total. The van der Waals surface area contributed by atoms with Crippen molar-refractivity contribution >= 4 is 17.3 Å². The zero-order chi connectivity index (χ0) is 14.6. The SMILES string of the molecule is C=CCN(CC)c1cc(F)c(C(=O)O)cc1[N+](=O)[O-]. The first-order valence-electron chi connectivity index (χ1n) is 5.49. The lowest BCUT2D eigenvalue weighted by molar-refractivity contribution is -0.384. The summed E-state index contributed by atoms with van der Waals surface area (Å²) in [6.07, 6.45) is 1.52. The van der Waals surface area contributed by atoms with Crippen LogP contribution in [-0.4, -0.2) is 29.1 Å². The van der Waals surface area contributed by atoms with Crippen molar-refractivity contribution in [3.8, 4) is 0 Å². The minimum Gasteiger partial charge on any atom is -0.478 e. The van der Waals surface area contributed by atoms with E-state index in [-0.39, 0.29) is 5.69 Å². The summed E-state index contributed by atoms with van der Waals surface area (Å²) in [7, 11) is 0. The van der Waals surface area contributed by atoms with Crippen LogP contribution in [0.4, 0.5) is 15.8 Å². The maximum absolute atomic E-state index is 13.6. The Morgan fingerprint density at radius 1 is 1.63 bits per heavy atom. The van der Waals surface area contributed by atoms with E-state index in [0.29, 0.717) is 13.1 Å². The smallest absolute Gasteiger partial charge is 0.338 e. The predicted molar refractivity (Wildman–Crippen MR) is 68.1 cm³/mol. The van der Waals surface area contributed by atoms with Gasteiger partial charge in [-0.05, 0) is 6.92 Å². The number of benzene rings is 1. The first-order chi connectivity index (χ1) is 8.92. The summed E-state index contributed by atoms with van der Waals surface area (Å²) in [6.45, 7) is 5.96. The minimum atomic E-state index is -1.54. The third kappa shape index (κ3) is 3.06. The van der Waals surface area contributed by atoms with Crippen molar-refractivity contribution in [2.45, 2.75) is 6.92 Å². The predicted octanol–water partition coefficient (Wildman–Crippen LogP) is 2.44. The van der Waals surface area contributed by atoms with Gasteiger partial charge in [-0.1, -0.05) is 6.08 Å². The number of nitro groups is 1. The molecule has 0 aromatic heterocycles. The van der Waals surface area contributed by atoms with Crippen molar-refractivity contribution in [3.63, 3.8) is 0 Å². The molecule has 1 aromatic rings. The Bertz CT molecular complexity index is 531. The van der Waals surface area contributed by atoms with Gasteiger partial charge in [0.1, 0.15) is 17.1 Å². The number of nitrogens with zero attached hydrogens (tertiary/aromatic N) is 2. The highest BCUT2D eigenvalue weighted by Gasteiger charge is 2.24. The van der Waals surface area contributed by atoms with Crippen molar-refractivity contribution in [3.05, 3.63) is 46.3 Å². The summed E-state index contributed by atoms with van der Waals surface area (Å²) in [5.74, 6) is -2.55. The Morgan fingerprint density at radius 2 is 2.26 bits per heavy atom. The van der Waals surface area contributed by atoms with E-state index in [9.17, 15) is 19.3 Å². The summed E-state index contributed by atoms with van der Waals surface area (Å²) in [6, 6.07) is 1.60. The Hall–Kier alpha value is -2.44. The zero-order valence-electron chi connectivity index (χ0n) is 10.3. The van der Waals surface area contributed by atoms with Gasteiger partial charge in [0.25, 0.3) is 5.69 Å². The van der Waals surface area contributed by atoms with Gasteiger partial charge in [0.2, 0.25) is 0 Å². The number of rotatable bonds is 6. The zero-order valence-corrected chi connectivity index (χ0v) is 10.3. The summed E-state index contributed by atoms with van der Waals surface area (Å²) in [5, 5.41) is 19.7. The fraction of sp³-hybridized carbons (Fsp3) is 0.250. The Labute approximate surface area is 108 Å². The quantitative estimate of drug-likeness (QED) is 0.486. The molecule has 1 rings (SSSR count). The molecule has 0 atom stereocenters. The first kappa shape index (κ1) is 14.6. The monoisotopic (exact) mass is 268 g/mol. The highest BCUT2D eigenvalue weighted by molar-refractivity contribution is 5.90. The third-order valence-electron chi connectivity index (χ3n) is 2.56. The molecule has 0 heterocycles. The molecular formula is C12H13FN2O4. The number of carboxylic acid groups (broad SMARTS) is 1. The van der Waals surface area contributed by atoms with Crippen LogP contribution in [0.1, 0.15) is 17.3 Å². The molecule has 0 aliphatic carbocycles. The molecular weight excluding hydrogens is 255 g/mol. The fourth-order valence-electron chi connectivity index (χ4n) is 1.67. The van der Waals surface area contributed by atoms with Gasteiger partial charge >= 0.3 is 5.97 Å². The molecule has 7 heteroatoms. The van der Waals surface area contributed by atoms with Crippen LogP contribution in [0.2, 0.25) is 0 Å². The standard InChI is InChI=1S/C12H13FN2O4/c1-3-5-14(4-2)10-7-9(13)8(12(16)17)6-11(10)15(18)19/h3,6-7H,1,4-5H2,2H3,(H,16,17). The number of nitro benzene ring substituents is 1. The number of anilines is 1. The van der Waals surface area contributed by atoms with E-state index in [1.807, 2.05) is 0 Å². The molecule has 0 aliphatic heterocycles. The van der Waals surface area contributed by atoms with Gasteiger partial charge in [0.05, 0.1) is 4.92 Å². The first-order valence-corrected chi connectivity index (χ1v) is 5.49. The van der Waals surface area contributed by atoms with Crippen molar-refractivity contribution < 1.29 is 19.2 Å². The highest BCUT2D eigenvalue weighted by atomic mass is 19.1. The molecule has 0 amide bonds. The second-order valence-corrected chi connectivity index (χ2v) is 3.71. The second-order valence-electron chi connectivity index (χ2n) is 3.71. The Kier molecular flexibility index (Phi) is 4.57. The van der Waals surface area contributed by atoms with Crippen LogP contribution in [0, 0.1) is 15.9 Å². The van der Waals surface area contributed by atoms with Crippen molar-refractivity contribution in [1.29, 1.82) is 0 Å². The molecule has 0 unspecified atom stereocenters. The average molecular weight is 268 g/mol. The van der Waals surface area contributed by atoms with E-state index in [1.54, 1.807) is 6.92 Å². The molecule has 0 spiro atoms. The molecule has 6 nitrogen and oxygen atoms in total. The van der Waals surface area contributed by atoms with Crippen molar-refractivity contribution in [2.75, 3.05) is 18.0 Å². The van der Waals surface area contributed by atoms with Gasteiger partial charge in [-0.3, -0.25) is 10.1 Å². The molecule has 102 valence electrons. The van der Waals surface area contributed by atoms with Crippen LogP contribution in [0.25, 0.3) is 0 Å². The molecule has 0 aliphatic rings. The van der Waals surface area contributed by atoms with Crippen LogP contribution in [0.3, 0.4) is 0 Å². The summed E-state index contributed by atoms with van der Waals surface area (Å²) in [5.41, 5.74) is -1.12. The number of halogens is 1. The number of aromatic carboxylic acids is 1. The van der Waals surface area contributed by atoms with Gasteiger partial charge in [0, 0.05) is 25.2 Å². The molecule has 0 radical (unpaired) electrons. The second kappa shape index (κ2) is 5.94. The van der Waals surface area contributed by atoms with E-state index in [2.05, 4.69) is 6.58 Å². The van der Waals surface area contributed by atoms with Gasteiger partial charge < -0.3 is 10.0 Å². The van der Waals surface area contributed by atoms with Crippen molar-refractivity contribution in [2.24, 2.45) is 0 Å². The lowest BCUT2D eigenvalue weighted by Gasteiger charge is -2.21. The Morgan fingerprint density at radius 3 is 2.68 bits per heavy atom. The van der Waals surface area contributed by atoms with Gasteiger partial charge in [0.15, 0.2) is 0 Å². The lowest BCUT2D eigenvalue weighted by atomic mass is 10.1. The Balaban J connectivity index is 3.45. The highest BCUT2D eigenvalue weighted by Crippen LogP contribution is 2.31. The third-order valence-corrected chi connectivity index (χ3v) is 2.56. The van der Waals surface area contributed by atoms with Gasteiger partial charge in [-0.25, -0.2) is 9.18 Å². The normalized spacial score (nSPS) is 10.0. The van der Waals surface area contributed by atoms with Crippen LogP contribution >= 0.6 is 0 Å². The average Bonchev–Trinajstić information content (AvgIpc) is 2.34. The topological polar surface area (TPSA) is 83.7 Å². The summed E-state index contributed by atoms with van der Waals surface area (Å²) >= 11 is 0. The fourth-order valence-corrected chi connectivity index (χ4v) is 1.67. The summed E-state index contributed by atoms with van der Waals surface area (Å²) < 4.78 is 13.6. The number of likely N-dealkylation sites (N-methyl/N-ethyl adjacent to an activating group) is 1. The number of hydrogen-bond donors (Lipinski definition) is 1. The summed E-state index contributed by atoms with van der Waals surface area (Å²) in [4.78, 5) is 22.5. The van der Waals surface area contributed by atoms with E-state index in [0.717, 1.165) is 12.1 Å². The minimum absolute atomic E-state index is 0.0369. The van der Waals surface area contributed by atoms with E-state index < -0.39 is 28.0 Å². The van der Waals surface area contributed by atoms with Crippen LogP contribution in [0.15, 0.2) is 24.8 Å². The van der Waals surface area contributed by atoms with Crippen LogP contribution in [0.5, 0.6) is 0 Å². The van der Waals surface area contributed by atoms with Gasteiger partial charge in [-0.2, -0.15) is 0 Å². The van der Waals surface area contributed by atoms with E-state index in [1.165, 1.54) is 11.0 Å². The largest absolute Gasteiger partial charge is 0.478 e. The molecule has 0 saturated heterocycles. The number of carbonyl (C=O) groups is 1.